The first kappa shape index (κ1) is 29.7. The zero-order valence-electron chi connectivity index (χ0n) is 22.1. The standard InChI is InChI=1S/C28H30Cl2N4O5S/c1-19(2)31-27(35)18-33-13-15-34(16-14-33)28(36)23-17-20(29)7-12-25(23)32-40(37,38)22-10-8-21(9-11-22)39-26-6-4-3-5-24(26)30/h3-12,17,19,32H,13-16,18H2,1-2H3,(H,31,35). The number of anilines is 1. The molecule has 0 unspecified atom stereocenters. The van der Waals surface area contributed by atoms with Crippen LogP contribution >= 0.6 is 23.2 Å². The van der Waals surface area contributed by atoms with Crippen LogP contribution in [0.25, 0.3) is 0 Å². The van der Waals surface area contributed by atoms with Crippen molar-refractivity contribution in [1.29, 1.82) is 0 Å². The van der Waals surface area contributed by atoms with Crippen LogP contribution in [0.1, 0.15) is 24.2 Å². The average Bonchev–Trinajstić information content (AvgIpc) is 2.91. The third kappa shape index (κ3) is 7.66. The lowest BCUT2D eigenvalue weighted by Crippen LogP contribution is -2.51. The number of halogens is 2. The van der Waals surface area contributed by atoms with Crippen LogP contribution in [0.2, 0.25) is 10.0 Å². The fourth-order valence-electron chi connectivity index (χ4n) is 4.18. The summed E-state index contributed by atoms with van der Waals surface area (Å²) in [5.74, 6) is 0.442. The number of carbonyl (C=O) groups excluding carboxylic acids is 2. The molecule has 0 aromatic heterocycles. The molecule has 4 rings (SSSR count). The smallest absolute Gasteiger partial charge is 0.261 e. The number of para-hydroxylation sites is 1. The molecular formula is C28H30Cl2N4O5S. The number of nitrogens with one attached hydrogen (secondary N) is 2. The van der Waals surface area contributed by atoms with Crippen molar-refractivity contribution in [2.45, 2.75) is 24.8 Å². The van der Waals surface area contributed by atoms with Gasteiger partial charge in [0.25, 0.3) is 15.9 Å². The van der Waals surface area contributed by atoms with Gasteiger partial charge in [-0.05, 0) is 68.4 Å². The molecule has 3 aromatic rings. The van der Waals surface area contributed by atoms with E-state index in [9.17, 15) is 18.0 Å². The summed E-state index contributed by atoms with van der Waals surface area (Å²) in [4.78, 5) is 29.1. The van der Waals surface area contributed by atoms with Gasteiger partial charge in [-0.25, -0.2) is 8.42 Å². The van der Waals surface area contributed by atoms with Gasteiger partial charge < -0.3 is 15.0 Å². The van der Waals surface area contributed by atoms with Gasteiger partial charge in [-0.3, -0.25) is 19.2 Å². The van der Waals surface area contributed by atoms with Gasteiger partial charge in [0, 0.05) is 37.2 Å². The summed E-state index contributed by atoms with van der Waals surface area (Å²) < 4.78 is 34.7. The molecule has 3 aromatic carbocycles. The molecule has 0 aliphatic carbocycles. The minimum absolute atomic E-state index is 0.0133. The van der Waals surface area contributed by atoms with E-state index in [1.807, 2.05) is 18.7 Å². The van der Waals surface area contributed by atoms with Crippen molar-refractivity contribution in [3.05, 3.63) is 82.3 Å². The maximum atomic E-state index is 13.4. The Morgan fingerprint density at radius 1 is 0.950 bits per heavy atom. The van der Waals surface area contributed by atoms with Crippen LogP contribution in [-0.2, 0) is 14.8 Å². The summed E-state index contributed by atoms with van der Waals surface area (Å²) in [5, 5.41) is 3.59. The molecule has 9 nitrogen and oxygen atoms in total. The second-order valence-electron chi connectivity index (χ2n) is 9.59. The molecule has 1 saturated heterocycles. The molecular weight excluding hydrogens is 575 g/mol. The van der Waals surface area contributed by atoms with Crippen molar-refractivity contribution in [3.63, 3.8) is 0 Å². The van der Waals surface area contributed by atoms with Crippen molar-refractivity contribution < 1.29 is 22.7 Å². The Hall–Kier alpha value is -3.31. The molecule has 0 saturated carbocycles. The molecule has 0 radical (unpaired) electrons. The van der Waals surface area contributed by atoms with E-state index in [-0.39, 0.29) is 40.5 Å². The fourth-order valence-corrected chi connectivity index (χ4v) is 5.60. The lowest BCUT2D eigenvalue weighted by Gasteiger charge is -2.34. The number of hydrogen-bond acceptors (Lipinski definition) is 6. The molecule has 0 bridgehead atoms. The summed E-state index contributed by atoms with van der Waals surface area (Å²) in [6.07, 6.45) is 0. The van der Waals surface area contributed by atoms with Crippen LogP contribution < -0.4 is 14.8 Å². The molecule has 2 N–H and O–H groups in total. The number of carbonyl (C=O) groups is 2. The predicted octanol–water partition coefficient (Wildman–Crippen LogP) is 4.87. The highest BCUT2D eigenvalue weighted by atomic mass is 35.5. The largest absolute Gasteiger partial charge is 0.456 e. The zero-order valence-corrected chi connectivity index (χ0v) is 24.4. The van der Waals surface area contributed by atoms with E-state index < -0.39 is 10.0 Å². The molecule has 12 heteroatoms. The van der Waals surface area contributed by atoms with E-state index in [1.54, 1.807) is 29.2 Å². The van der Waals surface area contributed by atoms with Gasteiger partial charge in [-0.15, -0.1) is 0 Å². The van der Waals surface area contributed by atoms with Gasteiger partial charge in [0.1, 0.15) is 11.5 Å². The average molecular weight is 606 g/mol. The highest BCUT2D eigenvalue weighted by molar-refractivity contribution is 7.92. The SMILES string of the molecule is CC(C)NC(=O)CN1CCN(C(=O)c2cc(Cl)ccc2NS(=O)(=O)c2ccc(Oc3ccccc3Cl)cc2)CC1. The number of ether oxygens (including phenoxy) is 1. The van der Waals surface area contributed by atoms with Gasteiger partial charge in [0.2, 0.25) is 5.91 Å². The Morgan fingerprint density at radius 3 is 2.27 bits per heavy atom. The molecule has 2 amide bonds. The Labute approximate surface area is 244 Å². The van der Waals surface area contributed by atoms with Crippen molar-refractivity contribution in [3.8, 4) is 11.5 Å². The minimum Gasteiger partial charge on any atom is -0.456 e. The molecule has 1 heterocycles. The minimum atomic E-state index is -4.04. The van der Waals surface area contributed by atoms with Gasteiger partial charge in [-0.2, -0.15) is 0 Å². The number of hydrogen-bond donors (Lipinski definition) is 2. The maximum absolute atomic E-state index is 13.4. The van der Waals surface area contributed by atoms with Crippen LogP contribution in [0.4, 0.5) is 5.69 Å². The van der Waals surface area contributed by atoms with Gasteiger partial charge in [0.05, 0.1) is 27.7 Å². The quantitative estimate of drug-likeness (QED) is 0.361. The van der Waals surface area contributed by atoms with Gasteiger partial charge >= 0.3 is 0 Å². The van der Waals surface area contributed by atoms with Crippen LogP contribution in [0.3, 0.4) is 0 Å². The van der Waals surface area contributed by atoms with E-state index >= 15 is 0 Å². The number of nitrogens with zero attached hydrogens (tertiary/aromatic N) is 2. The van der Waals surface area contributed by atoms with Gasteiger partial charge in [-0.1, -0.05) is 35.3 Å². The summed E-state index contributed by atoms with van der Waals surface area (Å²) in [6.45, 7) is 5.86. The monoisotopic (exact) mass is 604 g/mol. The molecule has 0 spiro atoms. The molecule has 0 atom stereocenters. The first-order valence-electron chi connectivity index (χ1n) is 12.7. The van der Waals surface area contributed by atoms with Crippen molar-refractivity contribution in [2.75, 3.05) is 37.4 Å². The lowest BCUT2D eigenvalue weighted by molar-refractivity contribution is -0.123. The molecule has 40 heavy (non-hydrogen) atoms. The third-order valence-corrected chi connectivity index (χ3v) is 8.06. The molecule has 1 aliphatic rings. The van der Waals surface area contributed by atoms with E-state index in [0.29, 0.717) is 47.7 Å². The van der Waals surface area contributed by atoms with E-state index in [2.05, 4.69) is 10.0 Å². The summed E-state index contributed by atoms with van der Waals surface area (Å²) in [5.41, 5.74) is 0.255. The molecule has 212 valence electrons. The Balaban J connectivity index is 1.44. The second kappa shape index (κ2) is 12.9. The predicted molar refractivity (Wildman–Crippen MR) is 156 cm³/mol. The third-order valence-electron chi connectivity index (χ3n) is 6.13. The normalized spacial score (nSPS) is 14.2. The number of rotatable bonds is 9. The first-order valence-corrected chi connectivity index (χ1v) is 14.9. The van der Waals surface area contributed by atoms with Crippen molar-refractivity contribution in [1.82, 2.24) is 15.1 Å². The summed E-state index contributed by atoms with van der Waals surface area (Å²) >= 11 is 12.3. The van der Waals surface area contributed by atoms with E-state index in [0.717, 1.165) is 0 Å². The number of piperazine rings is 1. The number of sulfonamides is 1. The fraction of sp³-hybridized carbons (Fsp3) is 0.286. The Bertz CT molecular complexity index is 1470. The van der Waals surface area contributed by atoms with Crippen molar-refractivity contribution >= 4 is 50.7 Å². The maximum Gasteiger partial charge on any atom is 0.261 e. The van der Waals surface area contributed by atoms with Crippen LogP contribution in [0.15, 0.2) is 71.6 Å². The highest BCUT2D eigenvalue weighted by Crippen LogP contribution is 2.30. The van der Waals surface area contributed by atoms with E-state index in [1.165, 1.54) is 42.5 Å². The molecule has 1 aliphatic heterocycles. The van der Waals surface area contributed by atoms with Gasteiger partial charge in [0.15, 0.2) is 0 Å². The number of amides is 2. The Kier molecular flexibility index (Phi) is 9.57. The van der Waals surface area contributed by atoms with Crippen LogP contribution in [0.5, 0.6) is 11.5 Å². The summed E-state index contributed by atoms with van der Waals surface area (Å²) in [7, 11) is -4.04. The summed E-state index contributed by atoms with van der Waals surface area (Å²) in [6, 6.07) is 17.3. The second-order valence-corrected chi connectivity index (χ2v) is 12.1. The molecule has 1 fully saturated rings. The zero-order chi connectivity index (χ0) is 28.9. The highest BCUT2D eigenvalue weighted by Gasteiger charge is 2.27. The Morgan fingerprint density at radius 2 is 1.62 bits per heavy atom. The van der Waals surface area contributed by atoms with Crippen LogP contribution in [-0.4, -0.2) is 68.8 Å². The lowest BCUT2D eigenvalue weighted by atomic mass is 10.1. The van der Waals surface area contributed by atoms with Crippen LogP contribution in [0, 0.1) is 0 Å². The first-order chi connectivity index (χ1) is 19.0. The topological polar surface area (TPSA) is 108 Å². The number of benzene rings is 3. The van der Waals surface area contributed by atoms with Crippen molar-refractivity contribution in [2.24, 2.45) is 0 Å². The van der Waals surface area contributed by atoms with E-state index in [4.69, 9.17) is 27.9 Å².